The average Bonchev–Trinajstić information content (AvgIpc) is 3.04. The van der Waals surface area contributed by atoms with Crippen LogP contribution in [0.25, 0.3) is 0 Å². The highest BCUT2D eigenvalue weighted by atomic mass is 35.5. The molecule has 0 unspecified atom stereocenters. The molecule has 1 N–H and O–H groups in total. The molecule has 3 saturated heterocycles. The van der Waals surface area contributed by atoms with E-state index in [2.05, 4.69) is 38.2 Å². The number of urea groups is 1. The Bertz CT molecular complexity index is 1010. The maximum Gasteiger partial charge on any atom is 0.326 e. The summed E-state index contributed by atoms with van der Waals surface area (Å²) in [5, 5.41) is 3.79. The Morgan fingerprint density at radius 3 is 2.45 bits per heavy atom. The summed E-state index contributed by atoms with van der Waals surface area (Å²) < 4.78 is 0. The summed E-state index contributed by atoms with van der Waals surface area (Å²) in [6, 6.07) is 17.9. The van der Waals surface area contributed by atoms with Crippen molar-refractivity contribution < 1.29 is 9.59 Å². The topological polar surface area (TPSA) is 59.1 Å². The molecule has 2 aromatic rings. The normalized spacial score (nSPS) is 24.5. The molecule has 0 aromatic heterocycles. The van der Waals surface area contributed by atoms with Crippen LogP contribution in [0.4, 0.5) is 10.5 Å². The van der Waals surface area contributed by atoms with E-state index in [4.69, 9.17) is 11.6 Å². The molecule has 8 heteroatoms. The largest absolute Gasteiger partial charge is 0.369 e. The minimum absolute atomic E-state index is 0.0810. The Morgan fingerprint density at radius 2 is 1.70 bits per heavy atom. The number of nitrogens with zero attached hydrogens (tertiary/aromatic N) is 4. The van der Waals surface area contributed by atoms with Gasteiger partial charge in [0.05, 0.1) is 6.67 Å². The summed E-state index contributed by atoms with van der Waals surface area (Å²) in [4.78, 5) is 34.5. The summed E-state index contributed by atoms with van der Waals surface area (Å²) in [5.74, 6) is -0.0810. The molecule has 1 spiro atoms. The summed E-state index contributed by atoms with van der Waals surface area (Å²) in [7, 11) is 0. The van der Waals surface area contributed by atoms with Crippen LogP contribution in [0.15, 0.2) is 54.6 Å². The van der Waals surface area contributed by atoms with Gasteiger partial charge in [0.2, 0.25) is 0 Å². The smallest absolute Gasteiger partial charge is 0.326 e. The van der Waals surface area contributed by atoms with Crippen molar-refractivity contribution in [1.29, 1.82) is 0 Å². The highest BCUT2D eigenvalue weighted by Gasteiger charge is 2.53. The van der Waals surface area contributed by atoms with Crippen molar-refractivity contribution in [3.8, 4) is 0 Å². The van der Waals surface area contributed by atoms with Gasteiger partial charge in [0.25, 0.3) is 5.91 Å². The minimum Gasteiger partial charge on any atom is -0.369 e. The molecule has 1 atom stereocenters. The van der Waals surface area contributed by atoms with Gasteiger partial charge in [-0.05, 0) is 43.1 Å². The van der Waals surface area contributed by atoms with E-state index in [0.717, 1.165) is 56.4 Å². The van der Waals surface area contributed by atoms with Crippen molar-refractivity contribution in [2.45, 2.75) is 24.9 Å². The van der Waals surface area contributed by atoms with Crippen LogP contribution < -0.4 is 10.2 Å². The lowest BCUT2D eigenvalue weighted by Gasteiger charge is -2.39. The number of imide groups is 1. The molecule has 5 rings (SSSR count). The van der Waals surface area contributed by atoms with Gasteiger partial charge in [-0.15, -0.1) is 0 Å². The third-order valence-electron chi connectivity index (χ3n) is 6.95. The van der Waals surface area contributed by atoms with Crippen molar-refractivity contribution in [2.24, 2.45) is 0 Å². The lowest BCUT2D eigenvalue weighted by molar-refractivity contribution is -0.134. The number of hydrogen-bond donors (Lipinski definition) is 1. The fourth-order valence-corrected chi connectivity index (χ4v) is 5.41. The second-order valence-corrected chi connectivity index (χ2v) is 9.71. The number of anilines is 1. The summed E-state index contributed by atoms with van der Waals surface area (Å²) in [6.07, 6.45) is 1.59. The van der Waals surface area contributed by atoms with E-state index in [9.17, 15) is 9.59 Å². The molecule has 0 saturated carbocycles. The molecule has 7 nitrogen and oxygen atoms in total. The van der Waals surface area contributed by atoms with E-state index >= 15 is 0 Å². The summed E-state index contributed by atoms with van der Waals surface area (Å²) >= 11 is 6.14. The Morgan fingerprint density at radius 1 is 0.909 bits per heavy atom. The summed E-state index contributed by atoms with van der Waals surface area (Å²) in [6.45, 7) is 5.87. The zero-order valence-electron chi connectivity index (χ0n) is 18.8. The van der Waals surface area contributed by atoms with Gasteiger partial charge >= 0.3 is 6.03 Å². The Labute approximate surface area is 199 Å². The Hall–Kier alpha value is -2.61. The van der Waals surface area contributed by atoms with Crippen LogP contribution in [0.3, 0.4) is 0 Å². The highest BCUT2D eigenvalue weighted by molar-refractivity contribution is 6.30. The standard InChI is InChI=1S/C25H30ClN5O2/c26-21-8-4-9-22(16-21)30-14-12-28(13-15-30)19-31-23(32)25(27-24(31)33)10-5-11-29(18-25)17-20-6-2-1-3-7-20/h1-4,6-9,16H,5,10-15,17-19H2,(H,27,33)/t25-/m0/s1. The van der Waals surface area contributed by atoms with Gasteiger partial charge in [-0.3, -0.25) is 14.6 Å². The average molecular weight is 468 g/mol. The van der Waals surface area contributed by atoms with Crippen LogP contribution in [0, 0.1) is 0 Å². The third kappa shape index (κ3) is 4.71. The van der Waals surface area contributed by atoms with Gasteiger partial charge < -0.3 is 10.2 Å². The van der Waals surface area contributed by atoms with Gasteiger partial charge in [0.1, 0.15) is 5.54 Å². The molecule has 174 valence electrons. The zero-order valence-corrected chi connectivity index (χ0v) is 19.5. The number of halogens is 1. The monoisotopic (exact) mass is 467 g/mol. The first-order chi connectivity index (χ1) is 16.0. The molecule has 3 amide bonds. The molecule has 3 aliphatic rings. The van der Waals surface area contributed by atoms with Crippen LogP contribution in [0.2, 0.25) is 5.02 Å². The number of piperazine rings is 1. The van der Waals surface area contributed by atoms with Gasteiger partial charge in [-0.2, -0.15) is 0 Å². The number of carbonyl (C=O) groups excluding carboxylic acids is 2. The number of hydrogen-bond acceptors (Lipinski definition) is 5. The second-order valence-electron chi connectivity index (χ2n) is 9.27. The molecule has 3 heterocycles. The van der Waals surface area contributed by atoms with E-state index in [1.165, 1.54) is 10.5 Å². The van der Waals surface area contributed by atoms with Crippen molar-refractivity contribution in [1.82, 2.24) is 20.0 Å². The number of carbonyl (C=O) groups is 2. The fourth-order valence-electron chi connectivity index (χ4n) is 5.22. The van der Waals surface area contributed by atoms with Crippen LogP contribution >= 0.6 is 11.6 Å². The number of nitrogens with one attached hydrogen (secondary N) is 1. The van der Waals surface area contributed by atoms with Crippen LogP contribution in [0.5, 0.6) is 0 Å². The first-order valence-corrected chi connectivity index (χ1v) is 12.0. The lowest BCUT2D eigenvalue weighted by Crippen LogP contribution is -2.58. The first-order valence-electron chi connectivity index (χ1n) is 11.7. The molecule has 3 aliphatic heterocycles. The lowest BCUT2D eigenvalue weighted by atomic mass is 9.88. The second kappa shape index (κ2) is 9.33. The predicted octanol–water partition coefficient (Wildman–Crippen LogP) is 3.01. The number of piperidine rings is 1. The SMILES string of the molecule is O=C1N[C@]2(CCCN(Cc3ccccc3)C2)C(=O)N1CN1CCN(c2cccc(Cl)c2)CC1. The van der Waals surface area contributed by atoms with Crippen molar-refractivity contribution in [2.75, 3.05) is 50.8 Å². The molecule has 0 radical (unpaired) electrons. The third-order valence-corrected chi connectivity index (χ3v) is 7.19. The van der Waals surface area contributed by atoms with Gasteiger partial charge in [-0.1, -0.05) is 48.0 Å². The molecule has 33 heavy (non-hydrogen) atoms. The van der Waals surface area contributed by atoms with E-state index in [0.29, 0.717) is 19.6 Å². The molecule has 0 aliphatic carbocycles. The van der Waals surface area contributed by atoms with E-state index < -0.39 is 5.54 Å². The van der Waals surface area contributed by atoms with Crippen molar-refractivity contribution in [3.63, 3.8) is 0 Å². The summed E-state index contributed by atoms with van der Waals surface area (Å²) in [5.41, 5.74) is 1.53. The van der Waals surface area contributed by atoms with Crippen molar-refractivity contribution in [3.05, 3.63) is 65.2 Å². The predicted molar refractivity (Wildman–Crippen MR) is 129 cm³/mol. The highest BCUT2D eigenvalue weighted by Crippen LogP contribution is 2.30. The molecular formula is C25H30ClN5O2. The number of likely N-dealkylation sites (tertiary alicyclic amines) is 1. The quantitative estimate of drug-likeness (QED) is 0.685. The number of benzene rings is 2. The fraction of sp³-hybridized carbons (Fsp3) is 0.440. The maximum absolute atomic E-state index is 13.5. The van der Waals surface area contributed by atoms with E-state index in [1.807, 2.05) is 36.4 Å². The van der Waals surface area contributed by atoms with Crippen LogP contribution in [-0.4, -0.2) is 78.1 Å². The van der Waals surface area contributed by atoms with Crippen molar-refractivity contribution >= 4 is 29.2 Å². The molecule has 3 fully saturated rings. The van der Waals surface area contributed by atoms with Gasteiger partial charge in [0.15, 0.2) is 0 Å². The van der Waals surface area contributed by atoms with E-state index in [1.54, 1.807) is 0 Å². The molecule has 2 aromatic carbocycles. The maximum atomic E-state index is 13.5. The van der Waals surface area contributed by atoms with Gasteiger partial charge in [0, 0.05) is 50.0 Å². The zero-order chi connectivity index (χ0) is 22.8. The van der Waals surface area contributed by atoms with Gasteiger partial charge in [-0.25, -0.2) is 9.69 Å². The first kappa shape index (κ1) is 22.2. The van der Waals surface area contributed by atoms with Crippen LogP contribution in [-0.2, 0) is 11.3 Å². The molecule has 0 bridgehead atoms. The Kier molecular flexibility index (Phi) is 6.27. The molecular weight excluding hydrogens is 438 g/mol. The number of amides is 3. The van der Waals surface area contributed by atoms with E-state index in [-0.39, 0.29) is 11.9 Å². The number of rotatable bonds is 5. The minimum atomic E-state index is -0.799. The Balaban J connectivity index is 1.19. The van der Waals surface area contributed by atoms with Crippen LogP contribution in [0.1, 0.15) is 18.4 Å².